The topological polar surface area (TPSA) is 60.1 Å². The summed E-state index contributed by atoms with van der Waals surface area (Å²) in [6.45, 7) is 0.201. The number of halogens is 1. The Balaban J connectivity index is 1.67. The van der Waals surface area contributed by atoms with Crippen molar-refractivity contribution < 1.29 is 9.18 Å². The molecule has 0 aliphatic carbocycles. The Labute approximate surface area is 136 Å². The first-order valence-electron chi connectivity index (χ1n) is 7.44. The van der Waals surface area contributed by atoms with Crippen LogP contribution in [0.5, 0.6) is 0 Å². The van der Waals surface area contributed by atoms with Crippen molar-refractivity contribution in [3.63, 3.8) is 0 Å². The third kappa shape index (κ3) is 2.21. The van der Waals surface area contributed by atoms with Crippen LogP contribution in [0.3, 0.4) is 0 Å². The van der Waals surface area contributed by atoms with Crippen molar-refractivity contribution in [1.29, 1.82) is 0 Å². The zero-order valence-electron chi connectivity index (χ0n) is 12.6. The number of carbonyl (C=O) groups excluding carboxylic acids is 1. The molecule has 1 aliphatic heterocycles. The molecule has 0 saturated carbocycles. The molecule has 0 unspecified atom stereocenters. The number of rotatable bonds is 3. The highest BCUT2D eigenvalue weighted by atomic mass is 19.1. The molecular formula is C17H13FN4O2. The molecule has 6 nitrogen and oxygen atoms in total. The van der Waals surface area contributed by atoms with E-state index in [1.807, 2.05) is 18.2 Å². The van der Waals surface area contributed by atoms with E-state index in [-0.39, 0.29) is 13.1 Å². The van der Waals surface area contributed by atoms with Gasteiger partial charge in [0.1, 0.15) is 5.82 Å². The molecule has 1 amide bonds. The van der Waals surface area contributed by atoms with Crippen LogP contribution in [0.15, 0.2) is 59.4 Å². The first-order valence-corrected chi connectivity index (χ1v) is 7.44. The fourth-order valence-electron chi connectivity index (χ4n) is 2.78. The minimum atomic E-state index is -0.559. The molecule has 120 valence electrons. The maximum Gasteiger partial charge on any atom is 0.354 e. The van der Waals surface area contributed by atoms with E-state index >= 15 is 0 Å². The van der Waals surface area contributed by atoms with Crippen molar-refractivity contribution in [2.24, 2.45) is 0 Å². The monoisotopic (exact) mass is 324 g/mol. The number of aromatic nitrogens is 3. The summed E-state index contributed by atoms with van der Waals surface area (Å²) in [7, 11) is 0. The summed E-state index contributed by atoms with van der Waals surface area (Å²) in [6, 6.07) is 14.8. The van der Waals surface area contributed by atoms with E-state index in [0.29, 0.717) is 17.1 Å². The number of hydrogen-bond donors (Lipinski definition) is 0. The molecular weight excluding hydrogens is 311 g/mol. The normalized spacial score (nSPS) is 13.4. The van der Waals surface area contributed by atoms with Gasteiger partial charge in [-0.2, -0.15) is 9.67 Å². The van der Waals surface area contributed by atoms with Crippen LogP contribution in [-0.2, 0) is 13.1 Å². The van der Waals surface area contributed by atoms with Gasteiger partial charge in [-0.05, 0) is 18.2 Å². The average molecular weight is 324 g/mol. The third-order valence-corrected chi connectivity index (χ3v) is 3.97. The fourth-order valence-corrected chi connectivity index (χ4v) is 2.78. The molecule has 24 heavy (non-hydrogen) atoms. The molecule has 0 N–H and O–H groups in total. The standard InChI is InChI=1S/C17H13FN4O2/c18-14-9-5-4-6-12(14)10-21-17(24)22-15(19-21)11-20(16(22)23)13-7-2-1-3-8-13/h1-9H,10-11H2. The SMILES string of the molecule is O=C1N(c2ccccc2)Cc2nn(Cc3ccccc3F)c(=O)n21. The zero-order chi connectivity index (χ0) is 16.7. The van der Waals surface area contributed by atoms with E-state index in [9.17, 15) is 14.0 Å². The molecule has 1 aromatic heterocycles. The van der Waals surface area contributed by atoms with Gasteiger partial charge in [0.25, 0.3) is 0 Å². The second kappa shape index (κ2) is 5.45. The Morgan fingerprint density at radius 1 is 1.00 bits per heavy atom. The van der Waals surface area contributed by atoms with Crippen LogP contribution >= 0.6 is 0 Å². The van der Waals surface area contributed by atoms with Gasteiger partial charge in [-0.3, -0.25) is 4.90 Å². The van der Waals surface area contributed by atoms with Gasteiger partial charge in [0, 0.05) is 11.3 Å². The van der Waals surface area contributed by atoms with Gasteiger partial charge in [0.05, 0.1) is 13.1 Å². The number of hydrogen-bond acceptors (Lipinski definition) is 3. The van der Waals surface area contributed by atoms with Gasteiger partial charge in [0.15, 0.2) is 5.82 Å². The van der Waals surface area contributed by atoms with Gasteiger partial charge in [-0.25, -0.2) is 18.7 Å². The molecule has 1 aliphatic rings. The molecule has 7 heteroatoms. The summed E-state index contributed by atoms with van der Waals surface area (Å²) in [5, 5.41) is 4.19. The van der Waals surface area contributed by atoms with Gasteiger partial charge in [0.2, 0.25) is 0 Å². The number of benzene rings is 2. The van der Waals surface area contributed by atoms with Crippen molar-refractivity contribution in [3.8, 4) is 0 Å². The van der Waals surface area contributed by atoms with E-state index in [2.05, 4.69) is 5.10 Å². The molecule has 0 atom stereocenters. The highest BCUT2D eigenvalue weighted by molar-refractivity contribution is 5.95. The van der Waals surface area contributed by atoms with Crippen molar-refractivity contribution in [1.82, 2.24) is 14.3 Å². The van der Waals surface area contributed by atoms with Gasteiger partial charge < -0.3 is 0 Å². The number of amides is 1. The van der Waals surface area contributed by atoms with Gasteiger partial charge >= 0.3 is 11.7 Å². The van der Waals surface area contributed by atoms with E-state index in [1.54, 1.807) is 30.3 Å². The lowest BCUT2D eigenvalue weighted by atomic mass is 10.2. The highest BCUT2D eigenvalue weighted by Gasteiger charge is 2.33. The fraction of sp³-hybridized carbons (Fsp3) is 0.118. The maximum absolute atomic E-state index is 13.7. The lowest BCUT2D eigenvalue weighted by Crippen LogP contribution is -2.35. The summed E-state index contributed by atoms with van der Waals surface area (Å²) in [5.74, 6) is -0.0556. The summed E-state index contributed by atoms with van der Waals surface area (Å²) in [6.07, 6.45) is 0. The van der Waals surface area contributed by atoms with Crippen LogP contribution in [0.2, 0.25) is 0 Å². The van der Waals surface area contributed by atoms with Crippen molar-refractivity contribution in [3.05, 3.63) is 82.3 Å². The zero-order valence-corrected chi connectivity index (χ0v) is 12.6. The number of nitrogens with zero attached hydrogens (tertiary/aromatic N) is 4. The Morgan fingerprint density at radius 3 is 2.42 bits per heavy atom. The van der Waals surface area contributed by atoms with Gasteiger partial charge in [-0.15, -0.1) is 0 Å². The lowest BCUT2D eigenvalue weighted by Gasteiger charge is -2.14. The highest BCUT2D eigenvalue weighted by Crippen LogP contribution is 2.21. The maximum atomic E-state index is 13.7. The molecule has 2 heterocycles. The summed E-state index contributed by atoms with van der Waals surface area (Å²) in [4.78, 5) is 26.5. The molecule has 0 fully saturated rings. The first-order chi connectivity index (χ1) is 11.6. The average Bonchev–Trinajstić information content (AvgIpc) is 3.08. The Morgan fingerprint density at radius 2 is 1.71 bits per heavy atom. The minimum absolute atomic E-state index is 0.00980. The number of para-hydroxylation sites is 1. The quantitative estimate of drug-likeness (QED) is 0.742. The van der Waals surface area contributed by atoms with E-state index in [1.165, 1.54) is 11.0 Å². The molecule has 0 bridgehead atoms. The number of anilines is 1. The molecule has 3 aromatic rings. The van der Waals surface area contributed by atoms with Crippen LogP contribution in [-0.4, -0.2) is 20.4 Å². The molecule has 0 spiro atoms. The van der Waals surface area contributed by atoms with Crippen LogP contribution < -0.4 is 10.6 Å². The lowest BCUT2D eigenvalue weighted by molar-refractivity contribution is 0.250. The third-order valence-electron chi connectivity index (χ3n) is 3.97. The van der Waals surface area contributed by atoms with Crippen LogP contribution in [0, 0.1) is 5.82 Å². The van der Waals surface area contributed by atoms with E-state index in [0.717, 1.165) is 9.25 Å². The predicted molar refractivity (Wildman–Crippen MR) is 85.4 cm³/mol. The molecule has 2 aromatic carbocycles. The molecule has 0 saturated heterocycles. The predicted octanol–water partition coefficient (Wildman–Crippen LogP) is 2.22. The van der Waals surface area contributed by atoms with Gasteiger partial charge in [-0.1, -0.05) is 36.4 Å². The smallest absolute Gasteiger partial charge is 0.286 e. The number of fused-ring (bicyclic) bond motifs is 1. The summed E-state index contributed by atoms with van der Waals surface area (Å²) >= 11 is 0. The minimum Gasteiger partial charge on any atom is -0.286 e. The Bertz CT molecular complexity index is 978. The largest absolute Gasteiger partial charge is 0.354 e. The molecule has 4 rings (SSSR count). The second-order valence-electron chi connectivity index (χ2n) is 5.49. The Kier molecular flexibility index (Phi) is 3.26. The Hall–Kier alpha value is -3.22. The van der Waals surface area contributed by atoms with Crippen molar-refractivity contribution >= 4 is 11.7 Å². The summed E-state index contributed by atoms with van der Waals surface area (Å²) in [5.41, 5.74) is 0.494. The van der Waals surface area contributed by atoms with Crippen LogP contribution in [0.25, 0.3) is 0 Å². The first kappa shape index (κ1) is 14.4. The molecule has 0 radical (unpaired) electrons. The van der Waals surface area contributed by atoms with Crippen LogP contribution in [0.1, 0.15) is 11.4 Å². The van der Waals surface area contributed by atoms with E-state index in [4.69, 9.17) is 0 Å². The van der Waals surface area contributed by atoms with Crippen LogP contribution in [0.4, 0.5) is 14.9 Å². The van der Waals surface area contributed by atoms with Crippen molar-refractivity contribution in [2.75, 3.05) is 4.90 Å². The summed E-state index contributed by atoms with van der Waals surface area (Å²) < 4.78 is 15.9. The second-order valence-corrected chi connectivity index (χ2v) is 5.49. The van der Waals surface area contributed by atoms with Crippen molar-refractivity contribution in [2.45, 2.75) is 13.1 Å². The number of carbonyl (C=O) groups is 1. The van der Waals surface area contributed by atoms with E-state index < -0.39 is 17.5 Å².